The zero-order valence-electron chi connectivity index (χ0n) is 10.4. The topological polar surface area (TPSA) is 55.8 Å². The second kappa shape index (κ2) is 5.08. The maximum atomic E-state index is 11.8. The molecular formula is C13H15NO4. The van der Waals surface area contributed by atoms with E-state index in [0.29, 0.717) is 36.8 Å². The molecule has 1 amide bonds. The van der Waals surface area contributed by atoms with Crippen LogP contribution in [0.15, 0.2) is 18.2 Å². The van der Waals surface area contributed by atoms with Crippen molar-refractivity contribution in [3.05, 3.63) is 23.8 Å². The van der Waals surface area contributed by atoms with Gasteiger partial charge in [0.05, 0.1) is 18.8 Å². The summed E-state index contributed by atoms with van der Waals surface area (Å²) in [6, 6.07) is 5.06. The first-order chi connectivity index (χ1) is 8.63. The summed E-state index contributed by atoms with van der Waals surface area (Å²) in [4.78, 5) is 24.7. The first-order valence-electron chi connectivity index (χ1n) is 5.85. The molecule has 5 nitrogen and oxygen atoms in total. The van der Waals surface area contributed by atoms with Crippen molar-refractivity contribution in [1.29, 1.82) is 0 Å². The van der Waals surface area contributed by atoms with Gasteiger partial charge >= 0.3 is 6.09 Å². The number of ketones is 1. The zero-order chi connectivity index (χ0) is 13.1. The number of carbonyl (C=O) groups excluding carboxylic acids is 2. The summed E-state index contributed by atoms with van der Waals surface area (Å²) in [7, 11) is 0. The average Bonchev–Trinajstić information content (AvgIpc) is 2.37. The van der Waals surface area contributed by atoms with Crippen molar-refractivity contribution < 1.29 is 19.1 Å². The van der Waals surface area contributed by atoms with Gasteiger partial charge in [0, 0.05) is 5.56 Å². The van der Waals surface area contributed by atoms with E-state index in [9.17, 15) is 9.59 Å². The summed E-state index contributed by atoms with van der Waals surface area (Å²) < 4.78 is 10.4. The highest BCUT2D eigenvalue weighted by atomic mass is 16.6. The van der Waals surface area contributed by atoms with Gasteiger partial charge in [-0.1, -0.05) is 0 Å². The Kier molecular flexibility index (Phi) is 3.50. The first-order valence-corrected chi connectivity index (χ1v) is 5.85. The van der Waals surface area contributed by atoms with Crippen LogP contribution in [0.5, 0.6) is 5.75 Å². The number of rotatable bonds is 2. The highest BCUT2D eigenvalue weighted by Gasteiger charge is 2.25. The molecule has 1 aliphatic rings. The summed E-state index contributed by atoms with van der Waals surface area (Å²) in [6.07, 6.45) is -0.414. The van der Waals surface area contributed by atoms with Gasteiger partial charge in [0.25, 0.3) is 0 Å². The van der Waals surface area contributed by atoms with Crippen molar-refractivity contribution >= 4 is 17.6 Å². The normalized spacial score (nSPS) is 13.6. The summed E-state index contributed by atoms with van der Waals surface area (Å²) in [5, 5.41) is 0. The van der Waals surface area contributed by atoms with Gasteiger partial charge < -0.3 is 9.47 Å². The third-order valence-corrected chi connectivity index (χ3v) is 2.72. The van der Waals surface area contributed by atoms with E-state index in [4.69, 9.17) is 9.47 Å². The van der Waals surface area contributed by atoms with Gasteiger partial charge in [-0.15, -0.1) is 0 Å². The Morgan fingerprint density at radius 3 is 2.89 bits per heavy atom. The van der Waals surface area contributed by atoms with Gasteiger partial charge in [-0.3, -0.25) is 9.69 Å². The second-order valence-corrected chi connectivity index (χ2v) is 3.94. The fraction of sp³-hybridized carbons (Fsp3) is 0.385. The van der Waals surface area contributed by atoms with Gasteiger partial charge in [-0.05, 0) is 32.0 Å². The molecule has 0 aromatic heterocycles. The Morgan fingerprint density at radius 1 is 1.44 bits per heavy atom. The average molecular weight is 249 g/mol. The molecule has 1 aromatic rings. The van der Waals surface area contributed by atoms with Crippen molar-refractivity contribution in [2.24, 2.45) is 0 Å². The zero-order valence-corrected chi connectivity index (χ0v) is 10.4. The van der Waals surface area contributed by atoms with E-state index in [2.05, 4.69) is 0 Å². The molecule has 1 aromatic carbocycles. The lowest BCUT2D eigenvalue weighted by Crippen LogP contribution is -2.38. The molecule has 5 heteroatoms. The van der Waals surface area contributed by atoms with Crippen LogP contribution in [-0.2, 0) is 4.74 Å². The van der Waals surface area contributed by atoms with Crippen LogP contribution < -0.4 is 9.64 Å². The van der Waals surface area contributed by atoms with E-state index >= 15 is 0 Å². The van der Waals surface area contributed by atoms with Crippen LogP contribution in [-0.4, -0.2) is 31.6 Å². The predicted molar refractivity (Wildman–Crippen MR) is 66.3 cm³/mol. The quantitative estimate of drug-likeness (QED) is 0.754. The van der Waals surface area contributed by atoms with Crippen LogP contribution in [0.25, 0.3) is 0 Å². The standard InChI is InChI=1S/C13H15NO4/c1-3-17-13(16)14-6-7-18-12-5-4-10(9(2)15)8-11(12)14/h4-5,8H,3,6-7H2,1-2H3. The largest absolute Gasteiger partial charge is 0.490 e. The number of anilines is 1. The van der Waals surface area contributed by atoms with E-state index in [1.54, 1.807) is 25.1 Å². The molecule has 0 atom stereocenters. The van der Waals surface area contributed by atoms with Crippen molar-refractivity contribution in [2.45, 2.75) is 13.8 Å². The van der Waals surface area contributed by atoms with Crippen LogP contribution in [0.3, 0.4) is 0 Å². The SMILES string of the molecule is CCOC(=O)N1CCOc2ccc(C(C)=O)cc21. The molecule has 2 rings (SSSR count). The molecule has 1 heterocycles. The Morgan fingerprint density at radius 2 is 2.22 bits per heavy atom. The molecule has 0 aliphatic carbocycles. The van der Waals surface area contributed by atoms with Gasteiger partial charge in [-0.2, -0.15) is 0 Å². The van der Waals surface area contributed by atoms with Crippen molar-refractivity contribution in [1.82, 2.24) is 0 Å². The molecule has 0 spiro atoms. The van der Waals surface area contributed by atoms with Gasteiger partial charge in [0.15, 0.2) is 5.78 Å². The molecule has 1 aliphatic heterocycles. The highest BCUT2D eigenvalue weighted by Crippen LogP contribution is 2.33. The molecule has 18 heavy (non-hydrogen) atoms. The van der Waals surface area contributed by atoms with E-state index in [-0.39, 0.29) is 5.78 Å². The van der Waals surface area contributed by atoms with Crippen LogP contribution in [0.2, 0.25) is 0 Å². The minimum atomic E-state index is -0.414. The van der Waals surface area contributed by atoms with Crippen molar-refractivity contribution in [2.75, 3.05) is 24.7 Å². The number of ether oxygens (including phenoxy) is 2. The van der Waals surface area contributed by atoms with E-state index in [0.717, 1.165) is 0 Å². The second-order valence-electron chi connectivity index (χ2n) is 3.94. The molecule has 96 valence electrons. The van der Waals surface area contributed by atoms with Crippen LogP contribution >= 0.6 is 0 Å². The van der Waals surface area contributed by atoms with Crippen LogP contribution in [0.1, 0.15) is 24.2 Å². The minimum Gasteiger partial charge on any atom is -0.490 e. The number of carbonyl (C=O) groups is 2. The fourth-order valence-electron chi connectivity index (χ4n) is 1.83. The number of Topliss-reactive ketones (excluding diaryl/α,β-unsaturated/α-hetero) is 1. The van der Waals surface area contributed by atoms with E-state index in [1.165, 1.54) is 11.8 Å². The van der Waals surface area contributed by atoms with Gasteiger partial charge in [0.2, 0.25) is 0 Å². The third kappa shape index (κ3) is 2.30. The number of amides is 1. The van der Waals surface area contributed by atoms with Crippen molar-refractivity contribution in [3.63, 3.8) is 0 Å². The molecule has 0 saturated heterocycles. The first kappa shape index (κ1) is 12.4. The lowest BCUT2D eigenvalue weighted by atomic mass is 10.1. The lowest BCUT2D eigenvalue weighted by Gasteiger charge is -2.28. The molecule has 0 unspecified atom stereocenters. The Balaban J connectivity index is 2.37. The lowest BCUT2D eigenvalue weighted by molar-refractivity contribution is 0.101. The molecule has 0 radical (unpaired) electrons. The predicted octanol–water partition coefficient (Wildman–Crippen LogP) is 2.24. The maximum Gasteiger partial charge on any atom is 0.414 e. The minimum absolute atomic E-state index is 0.0489. The number of fused-ring (bicyclic) bond motifs is 1. The maximum absolute atomic E-state index is 11.8. The summed E-state index contributed by atoms with van der Waals surface area (Å²) in [6.45, 7) is 4.40. The fourth-order valence-corrected chi connectivity index (χ4v) is 1.83. The van der Waals surface area contributed by atoms with Gasteiger partial charge in [0.1, 0.15) is 12.4 Å². The van der Waals surface area contributed by atoms with Crippen molar-refractivity contribution in [3.8, 4) is 5.75 Å². The van der Waals surface area contributed by atoms with Crippen LogP contribution in [0, 0.1) is 0 Å². The third-order valence-electron chi connectivity index (χ3n) is 2.72. The monoisotopic (exact) mass is 249 g/mol. The molecule has 0 bridgehead atoms. The number of hydrogen-bond donors (Lipinski definition) is 0. The van der Waals surface area contributed by atoms with E-state index < -0.39 is 6.09 Å². The summed E-state index contributed by atoms with van der Waals surface area (Å²) >= 11 is 0. The molecule has 0 fully saturated rings. The number of nitrogens with zero attached hydrogens (tertiary/aromatic N) is 1. The van der Waals surface area contributed by atoms with Gasteiger partial charge in [-0.25, -0.2) is 4.79 Å². The van der Waals surface area contributed by atoms with E-state index in [1.807, 2.05) is 0 Å². The highest BCUT2D eigenvalue weighted by molar-refractivity contribution is 5.98. The van der Waals surface area contributed by atoms with Crippen LogP contribution in [0.4, 0.5) is 10.5 Å². The number of benzene rings is 1. The number of hydrogen-bond acceptors (Lipinski definition) is 4. The molecule has 0 saturated carbocycles. The Bertz CT molecular complexity index is 484. The Hall–Kier alpha value is -2.04. The molecular weight excluding hydrogens is 234 g/mol. The summed E-state index contributed by atoms with van der Waals surface area (Å²) in [5.74, 6) is 0.548. The molecule has 0 N–H and O–H groups in total. The smallest absolute Gasteiger partial charge is 0.414 e. The summed E-state index contributed by atoms with van der Waals surface area (Å²) in [5.41, 5.74) is 1.14. The Labute approximate surface area is 105 Å².